The molecule has 5 aromatic rings. The molecular weight excluding hydrogens is 508 g/mol. The highest BCUT2D eigenvalue weighted by Crippen LogP contribution is 2.34. The molecule has 0 radical (unpaired) electrons. The Labute approximate surface area is 241 Å². The van der Waals surface area contributed by atoms with Gasteiger partial charge in [0.25, 0.3) is 5.91 Å². The van der Waals surface area contributed by atoms with Gasteiger partial charge in [-0.15, -0.1) is 0 Å². The molecule has 0 spiro atoms. The van der Waals surface area contributed by atoms with E-state index in [0.29, 0.717) is 12.1 Å². The Morgan fingerprint density at radius 1 is 1.00 bits per heavy atom. The lowest BCUT2D eigenvalue weighted by atomic mass is 9.90. The Balaban J connectivity index is 1.20. The number of nitrogens with zero attached hydrogens (tertiary/aromatic N) is 4. The number of benzene rings is 2. The van der Waals surface area contributed by atoms with Gasteiger partial charge in [0.15, 0.2) is 0 Å². The highest BCUT2D eigenvalue weighted by atomic mass is 16.1. The minimum absolute atomic E-state index is 0.0872. The molecule has 1 aliphatic rings. The van der Waals surface area contributed by atoms with E-state index in [0.717, 1.165) is 72.5 Å². The number of aryl methyl sites for hydroxylation is 3. The predicted molar refractivity (Wildman–Crippen MR) is 161 cm³/mol. The molecule has 0 aliphatic heterocycles. The van der Waals surface area contributed by atoms with Gasteiger partial charge in [0, 0.05) is 38.4 Å². The first-order valence-electron chi connectivity index (χ1n) is 14.4. The third-order valence-electron chi connectivity index (χ3n) is 8.09. The van der Waals surface area contributed by atoms with E-state index in [1.807, 2.05) is 44.3 Å². The first-order valence-corrected chi connectivity index (χ1v) is 14.4. The lowest BCUT2D eigenvalue weighted by Crippen LogP contribution is -2.33. The van der Waals surface area contributed by atoms with Crippen LogP contribution in [0.2, 0.25) is 0 Å². The zero-order valence-corrected chi connectivity index (χ0v) is 23.7. The summed E-state index contributed by atoms with van der Waals surface area (Å²) in [6, 6.07) is 23.1. The summed E-state index contributed by atoms with van der Waals surface area (Å²) in [5.41, 5.74) is 9.28. The van der Waals surface area contributed by atoms with Crippen LogP contribution >= 0.6 is 0 Å². The second kappa shape index (κ2) is 12.0. The third-order valence-corrected chi connectivity index (χ3v) is 8.09. The van der Waals surface area contributed by atoms with E-state index in [2.05, 4.69) is 62.6 Å². The molecule has 1 unspecified atom stereocenters. The van der Waals surface area contributed by atoms with Gasteiger partial charge in [0.2, 0.25) is 0 Å². The van der Waals surface area contributed by atoms with Gasteiger partial charge in [-0.25, -0.2) is 4.98 Å². The van der Waals surface area contributed by atoms with Crippen molar-refractivity contribution in [1.29, 1.82) is 0 Å². The van der Waals surface area contributed by atoms with E-state index in [4.69, 9.17) is 9.97 Å². The number of imidazole rings is 1. The van der Waals surface area contributed by atoms with Gasteiger partial charge in [-0.1, -0.05) is 42.5 Å². The first-order chi connectivity index (χ1) is 20.0. The van der Waals surface area contributed by atoms with Gasteiger partial charge in [-0.3, -0.25) is 19.7 Å². The van der Waals surface area contributed by atoms with Crippen LogP contribution in [0.3, 0.4) is 0 Å². The number of fused-ring (bicyclic) bond motifs is 2. The lowest BCUT2D eigenvalue weighted by Gasteiger charge is -2.35. The molecule has 208 valence electrons. The SMILES string of the molecule is Cc1ccnc(C)c1C(=O)NCc1cccc(CN(CCc2nc3ccccc3[nH]2)C2CCCc3cccnc32)c1. The number of amides is 1. The zero-order valence-electron chi connectivity index (χ0n) is 23.7. The number of rotatable bonds is 9. The summed E-state index contributed by atoms with van der Waals surface area (Å²) >= 11 is 0. The quantitative estimate of drug-likeness (QED) is 0.237. The Kier molecular flexibility index (Phi) is 7.87. The molecule has 0 fully saturated rings. The van der Waals surface area contributed by atoms with E-state index in [9.17, 15) is 4.79 Å². The van der Waals surface area contributed by atoms with Gasteiger partial charge in [0.05, 0.1) is 34.0 Å². The molecule has 0 saturated carbocycles. The molecule has 3 aromatic heterocycles. The lowest BCUT2D eigenvalue weighted by molar-refractivity contribution is 0.0949. The topological polar surface area (TPSA) is 86.8 Å². The maximum atomic E-state index is 13.0. The summed E-state index contributed by atoms with van der Waals surface area (Å²) in [6.07, 6.45) is 7.82. The van der Waals surface area contributed by atoms with E-state index in [1.165, 1.54) is 16.8 Å². The fourth-order valence-electron chi connectivity index (χ4n) is 6.04. The number of carbonyl (C=O) groups is 1. The molecule has 1 aliphatic carbocycles. The highest BCUT2D eigenvalue weighted by Gasteiger charge is 2.27. The molecular formula is C34H36N6O. The Bertz CT molecular complexity index is 1620. The van der Waals surface area contributed by atoms with Gasteiger partial charge >= 0.3 is 0 Å². The first kappa shape index (κ1) is 26.8. The molecule has 2 aromatic carbocycles. The van der Waals surface area contributed by atoms with E-state index < -0.39 is 0 Å². The molecule has 41 heavy (non-hydrogen) atoms. The molecule has 7 nitrogen and oxygen atoms in total. The summed E-state index contributed by atoms with van der Waals surface area (Å²) in [4.78, 5) is 33.0. The van der Waals surface area contributed by atoms with Gasteiger partial charge in [0.1, 0.15) is 5.82 Å². The number of nitrogens with one attached hydrogen (secondary N) is 2. The average Bonchev–Trinajstić information content (AvgIpc) is 3.41. The number of pyridine rings is 2. The maximum Gasteiger partial charge on any atom is 0.253 e. The number of carbonyl (C=O) groups excluding carboxylic acids is 1. The number of para-hydroxylation sites is 2. The maximum absolute atomic E-state index is 13.0. The second-order valence-corrected chi connectivity index (χ2v) is 11.0. The summed E-state index contributed by atoms with van der Waals surface area (Å²) < 4.78 is 0. The minimum atomic E-state index is -0.0872. The largest absolute Gasteiger partial charge is 0.348 e. The van der Waals surface area contributed by atoms with Crippen LogP contribution in [0.5, 0.6) is 0 Å². The van der Waals surface area contributed by atoms with Crippen molar-refractivity contribution in [3.63, 3.8) is 0 Å². The minimum Gasteiger partial charge on any atom is -0.348 e. The van der Waals surface area contributed by atoms with Crippen LogP contribution in [0.1, 0.15) is 68.7 Å². The van der Waals surface area contributed by atoms with Gasteiger partial charge in [-0.2, -0.15) is 0 Å². The van der Waals surface area contributed by atoms with Crippen LogP contribution in [0.15, 0.2) is 79.1 Å². The standard InChI is InChI=1S/C34H36N6O/c1-23-15-18-35-24(2)32(23)34(41)37-21-25-8-5-9-26(20-25)22-40(30-14-6-10-27-11-7-17-36-33(27)30)19-16-31-38-28-12-3-4-13-29(28)39-31/h3-5,7-9,11-13,15,17-18,20,30H,6,10,14,16,19,21-22H2,1-2H3,(H,37,41)(H,38,39). The third kappa shape index (κ3) is 6.05. The molecule has 1 atom stereocenters. The van der Waals surface area contributed by atoms with Crippen LogP contribution in [0, 0.1) is 13.8 Å². The number of aromatic amines is 1. The Morgan fingerprint density at radius 3 is 2.76 bits per heavy atom. The summed E-state index contributed by atoms with van der Waals surface area (Å²) in [5.74, 6) is 0.918. The average molecular weight is 545 g/mol. The molecule has 3 heterocycles. The van der Waals surface area contributed by atoms with Crippen molar-refractivity contribution in [2.45, 2.75) is 58.7 Å². The molecule has 2 N–H and O–H groups in total. The zero-order chi connectivity index (χ0) is 28.2. The van der Waals surface area contributed by atoms with E-state index in [-0.39, 0.29) is 11.9 Å². The van der Waals surface area contributed by atoms with Crippen LogP contribution < -0.4 is 5.32 Å². The van der Waals surface area contributed by atoms with Crippen LogP contribution in [-0.4, -0.2) is 37.3 Å². The van der Waals surface area contributed by atoms with Gasteiger partial charge in [-0.05, 0) is 79.6 Å². The number of hydrogen-bond acceptors (Lipinski definition) is 5. The molecule has 0 bridgehead atoms. The fourth-order valence-corrected chi connectivity index (χ4v) is 6.04. The Morgan fingerprint density at radius 2 is 1.88 bits per heavy atom. The van der Waals surface area contributed by atoms with Crippen LogP contribution in [0.25, 0.3) is 11.0 Å². The number of aromatic nitrogens is 4. The van der Waals surface area contributed by atoms with Crippen molar-refractivity contribution < 1.29 is 4.79 Å². The van der Waals surface area contributed by atoms with Crippen LogP contribution in [-0.2, 0) is 25.9 Å². The van der Waals surface area contributed by atoms with Crippen molar-refractivity contribution in [2.24, 2.45) is 0 Å². The summed E-state index contributed by atoms with van der Waals surface area (Å²) in [7, 11) is 0. The van der Waals surface area contributed by atoms with Crippen molar-refractivity contribution in [1.82, 2.24) is 30.2 Å². The second-order valence-electron chi connectivity index (χ2n) is 11.0. The molecule has 1 amide bonds. The normalized spacial score (nSPS) is 14.8. The predicted octanol–water partition coefficient (Wildman–Crippen LogP) is 6.02. The molecule has 7 heteroatoms. The summed E-state index contributed by atoms with van der Waals surface area (Å²) in [6.45, 7) is 5.95. The number of H-pyrrole nitrogens is 1. The van der Waals surface area contributed by atoms with Gasteiger partial charge < -0.3 is 10.3 Å². The van der Waals surface area contributed by atoms with Crippen molar-refractivity contribution in [2.75, 3.05) is 6.54 Å². The molecule has 6 rings (SSSR count). The number of hydrogen-bond donors (Lipinski definition) is 2. The van der Waals surface area contributed by atoms with E-state index >= 15 is 0 Å². The van der Waals surface area contributed by atoms with Crippen molar-refractivity contribution in [3.8, 4) is 0 Å². The summed E-state index contributed by atoms with van der Waals surface area (Å²) in [5, 5.41) is 3.10. The Hall–Kier alpha value is -4.36. The van der Waals surface area contributed by atoms with E-state index in [1.54, 1.807) is 6.20 Å². The van der Waals surface area contributed by atoms with Crippen molar-refractivity contribution in [3.05, 3.63) is 124 Å². The smallest absolute Gasteiger partial charge is 0.253 e. The van der Waals surface area contributed by atoms with Crippen LogP contribution in [0.4, 0.5) is 0 Å². The monoisotopic (exact) mass is 544 g/mol. The highest BCUT2D eigenvalue weighted by molar-refractivity contribution is 5.96. The van der Waals surface area contributed by atoms with Crippen molar-refractivity contribution >= 4 is 16.9 Å². The molecule has 0 saturated heterocycles. The fraction of sp³-hybridized carbons (Fsp3) is 0.294.